The lowest BCUT2D eigenvalue weighted by Gasteiger charge is -2.14. The second kappa shape index (κ2) is 10.8. The Bertz CT molecular complexity index is 1910. The molecule has 0 amide bonds. The highest BCUT2D eigenvalue weighted by Gasteiger charge is 2.26. The number of aromatic nitrogens is 2. The van der Waals surface area contributed by atoms with E-state index >= 15 is 0 Å². The van der Waals surface area contributed by atoms with Gasteiger partial charge in [-0.15, -0.1) is 0 Å². The molecule has 2 heterocycles. The maximum Gasteiger partial charge on any atom is 0.344 e. The Morgan fingerprint density at radius 3 is 2.56 bits per heavy atom. The smallest absolute Gasteiger partial charge is 0.344 e. The first-order chi connectivity index (χ1) is 19.7. The van der Waals surface area contributed by atoms with Gasteiger partial charge in [0.05, 0.1) is 41.6 Å². The zero-order valence-electron chi connectivity index (χ0n) is 21.9. The number of benzene rings is 3. The van der Waals surface area contributed by atoms with Crippen molar-refractivity contribution in [2.24, 2.45) is 5.10 Å². The van der Waals surface area contributed by atoms with Gasteiger partial charge in [-0.25, -0.2) is 9.78 Å². The largest absolute Gasteiger partial charge is 0.496 e. The number of aliphatic carboxylic acids is 1. The zero-order chi connectivity index (χ0) is 29.3. The molecule has 5 rings (SSSR count). The monoisotopic (exact) mass is 558 g/mol. The lowest BCUT2D eigenvalue weighted by Crippen LogP contribution is -2.23. The minimum atomic E-state index is -1.38. The Hall–Kier alpha value is -5.72. The van der Waals surface area contributed by atoms with E-state index in [0.717, 1.165) is 10.7 Å². The van der Waals surface area contributed by atoms with Crippen LogP contribution in [0.1, 0.15) is 12.5 Å². The summed E-state index contributed by atoms with van der Waals surface area (Å²) in [6, 6.07) is 16.2. The molecule has 13 heteroatoms. The number of carboxylic acids is 1. The minimum Gasteiger partial charge on any atom is -0.496 e. The molecule has 0 saturated heterocycles. The number of carboxylic acid groups (broad SMARTS) is 1. The molecular formula is C28H22N4O9. The SMILES string of the molecule is COc1cc(C=Nn2c(-c3cc4c(OC)cccc4o3)nc3ccccc3c2=O)cc([N+](=O)[O-])c1O[C@@H](C)C(=O)O. The van der Waals surface area contributed by atoms with E-state index in [0.29, 0.717) is 22.2 Å². The van der Waals surface area contributed by atoms with Crippen molar-refractivity contribution in [2.75, 3.05) is 14.2 Å². The molecule has 3 aromatic carbocycles. The van der Waals surface area contributed by atoms with Crippen LogP contribution in [0.5, 0.6) is 17.2 Å². The number of nitro benzene ring substituents is 1. The number of hydrogen-bond donors (Lipinski definition) is 1. The molecule has 0 bridgehead atoms. The summed E-state index contributed by atoms with van der Waals surface area (Å²) in [7, 11) is 2.78. The Kier molecular flexibility index (Phi) is 7.08. The summed E-state index contributed by atoms with van der Waals surface area (Å²) < 4.78 is 23.0. The predicted molar refractivity (Wildman–Crippen MR) is 148 cm³/mol. The Labute approximate surface area is 231 Å². The van der Waals surface area contributed by atoms with Crippen LogP contribution in [0.3, 0.4) is 0 Å². The number of nitrogens with zero attached hydrogens (tertiary/aromatic N) is 4. The average molecular weight is 559 g/mol. The fourth-order valence-corrected chi connectivity index (χ4v) is 4.15. The minimum absolute atomic E-state index is 0.0832. The van der Waals surface area contributed by atoms with Crippen LogP contribution in [0, 0.1) is 10.1 Å². The first-order valence-electron chi connectivity index (χ1n) is 12.1. The molecule has 41 heavy (non-hydrogen) atoms. The molecule has 1 atom stereocenters. The van der Waals surface area contributed by atoms with E-state index in [9.17, 15) is 24.8 Å². The Morgan fingerprint density at radius 2 is 1.85 bits per heavy atom. The summed E-state index contributed by atoms with van der Waals surface area (Å²) in [6.45, 7) is 1.23. The molecule has 5 aromatic rings. The van der Waals surface area contributed by atoms with Gasteiger partial charge >= 0.3 is 11.7 Å². The van der Waals surface area contributed by atoms with Crippen molar-refractivity contribution in [3.63, 3.8) is 0 Å². The maximum atomic E-state index is 13.6. The van der Waals surface area contributed by atoms with Gasteiger partial charge in [0.1, 0.15) is 11.3 Å². The van der Waals surface area contributed by atoms with Gasteiger partial charge in [-0.3, -0.25) is 14.9 Å². The average Bonchev–Trinajstić information content (AvgIpc) is 3.41. The summed E-state index contributed by atoms with van der Waals surface area (Å²) >= 11 is 0. The quantitative estimate of drug-likeness (QED) is 0.155. The van der Waals surface area contributed by atoms with Gasteiger partial charge < -0.3 is 23.7 Å². The summed E-state index contributed by atoms with van der Waals surface area (Å²) in [4.78, 5) is 40.5. The molecule has 208 valence electrons. The van der Waals surface area contributed by atoms with Crippen molar-refractivity contribution in [1.29, 1.82) is 0 Å². The molecule has 0 aliphatic rings. The zero-order valence-corrected chi connectivity index (χ0v) is 21.9. The van der Waals surface area contributed by atoms with Crippen molar-refractivity contribution in [2.45, 2.75) is 13.0 Å². The molecule has 1 N–H and O–H groups in total. The number of hydrogen-bond acceptors (Lipinski definition) is 10. The number of fused-ring (bicyclic) bond motifs is 2. The molecule has 0 fully saturated rings. The third-order valence-corrected chi connectivity index (χ3v) is 6.15. The van der Waals surface area contributed by atoms with Crippen LogP contribution in [0.4, 0.5) is 5.69 Å². The molecule has 0 saturated carbocycles. The molecule has 2 aromatic heterocycles. The van der Waals surface area contributed by atoms with Crippen molar-refractivity contribution in [1.82, 2.24) is 9.66 Å². The number of nitro groups is 1. The number of rotatable bonds is 9. The third-order valence-electron chi connectivity index (χ3n) is 6.15. The lowest BCUT2D eigenvalue weighted by atomic mass is 10.1. The van der Waals surface area contributed by atoms with Crippen molar-refractivity contribution < 1.29 is 33.5 Å². The van der Waals surface area contributed by atoms with E-state index in [1.807, 2.05) is 0 Å². The highest BCUT2D eigenvalue weighted by Crippen LogP contribution is 2.39. The van der Waals surface area contributed by atoms with E-state index in [1.165, 1.54) is 33.4 Å². The van der Waals surface area contributed by atoms with E-state index in [-0.39, 0.29) is 34.0 Å². The Morgan fingerprint density at radius 1 is 1.10 bits per heavy atom. The third kappa shape index (κ3) is 5.03. The van der Waals surface area contributed by atoms with E-state index in [4.69, 9.17) is 18.6 Å². The number of methoxy groups -OCH3 is 2. The first kappa shape index (κ1) is 26.9. The van der Waals surface area contributed by atoms with Crippen molar-refractivity contribution in [3.05, 3.63) is 86.7 Å². The van der Waals surface area contributed by atoms with Gasteiger partial charge in [-0.2, -0.15) is 9.78 Å². The summed E-state index contributed by atoms with van der Waals surface area (Å²) in [6.07, 6.45) is -0.167. The Balaban J connectivity index is 1.68. The number of carbonyl (C=O) groups is 1. The van der Waals surface area contributed by atoms with Crippen LogP contribution in [0.15, 0.2) is 75.0 Å². The number of furan rings is 1. The standard InChI is InChI=1S/C28H22N4O9/c1-15(28(34)35)40-25-20(32(36)37)11-16(12-23(25)39-3)14-29-31-26(30-19-8-5-4-7-17(19)27(31)33)24-13-18-21(38-2)9-6-10-22(18)41-24/h4-15H,1-3H3,(H,34,35)/t15-/m0/s1. The van der Waals surface area contributed by atoms with E-state index in [1.54, 1.807) is 48.5 Å². The summed E-state index contributed by atoms with van der Waals surface area (Å²) in [5.41, 5.74) is 0.0289. The second-order valence-corrected chi connectivity index (χ2v) is 8.72. The highest BCUT2D eigenvalue weighted by molar-refractivity contribution is 5.89. The van der Waals surface area contributed by atoms with Crippen LogP contribution in [0.25, 0.3) is 33.5 Å². The van der Waals surface area contributed by atoms with Crippen LogP contribution in [-0.2, 0) is 4.79 Å². The van der Waals surface area contributed by atoms with Crippen LogP contribution in [-0.4, -0.2) is 52.2 Å². The van der Waals surface area contributed by atoms with Crippen molar-refractivity contribution in [3.8, 4) is 28.8 Å². The number of para-hydroxylation sites is 1. The molecular weight excluding hydrogens is 536 g/mol. The van der Waals surface area contributed by atoms with Gasteiger partial charge in [0.25, 0.3) is 5.56 Å². The lowest BCUT2D eigenvalue weighted by molar-refractivity contribution is -0.386. The van der Waals surface area contributed by atoms with Gasteiger partial charge in [0.15, 0.2) is 17.6 Å². The topological polar surface area (TPSA) is 169 Å². The molecule has 13 nitrogen and oxygen atoms in total. The fourth-order valence-electron chi connectivity index (χ4n) is 4.15. The van der Waals surface area contributed by atoms with Gasteiger partial charge in [0, 0.05) is 11.6 Å². The second-order valence-electron chi connectivity index (χ2n) is 8.72. The maximum absolute atomic E-state index is 13.6. The fraction of sp³-hybridized carbons (Fsp3) is 0.143. The summed E-state index contributed by atoms with van der Waals surface area (Å²) in [5, 5.41) is 26.3. The van der Waals surface area contributed by atoms with Crippen molar-refractivity contribution >= 4 is 39.7 Å². The number of ether oxygens (including phenoxy) is 3. The summed E-state index contributed by atoms with van der Waals surface area (Å²) in [5.74, 6) is -0.881. The molecule has 0 aliphatic carbocycles. The van der Waals surface area contributed by atoms with Gasteiger partial charge in [-0.1, -0.05) is 18.2 Å². The van der Waals surface area contributed by atoms with E-state index < -0.39 is 28.2 Å². The molecule has 0 spiro atoms. The van der Waals surface area contributed by atoms with Gasteiger partial charge in [-0.05, 0) is 43.3 Å². The predicted octanol–water partition coefficient (Wildman–Crippen LogP) is 4.47. The van der Waals surface area contributed by atoms with Crippen LogP contribution in [0.2, 0.25) is 0 Å². The molecule has 0 aliphatic heterocycles. The van der Waals surface area contributed by atoms with E-state index in [2.05, 4.69) is 10.1 Å². The molecule has 0 unspecified atom stereocenters. The van der Waals surface area contributed by atoms with Crippen LogP contribution < -0.4 is 19.8 Å². The van der Waals surface area contributed by atoms with Gasteiger partial charge in [0.2, 0.25) is 11.6 Å². The normalized spacial score (nSPS) is 12.1. The molecule has 0 radical (unpaired) electrons. The highest BCUT2D eigenvalue weighted by atomic mass is 16.6. The first-order valence-corrected chi connectivity index (χ1v) is 12.1. The van der Waals surface area contributed by atoms with Crippen LogP contribution >= 0.6 is 0 Å².